The predicted octanol–water partition coefficient (Wildman–Crippen LogP) is 3.85. The fourth-order valence-corrected chi connectivity index (χ4v) is 3.90. The van der Waals surface area contributed by atoms with Gasteiger partial charge < -0.3 is 19.5 Å². The van der Waals surface area contributed by atoms with Crippen LogP contribution in [0.3, 0.4) is 0 Å². The fraction of sp³-hybridized carbons (Fsp3) is 0.227. The third-order valence-corrected chi connectivity index (χ3v) is 5.41. The summed E-state index contributed by atoms with van der Waals surface area (Å²) in [7, 11) is 0. The van der Waals surface area contributed by atoms with E-state index in [1.807, 2.05) is 48.2 Å². The van der Waals surface area contributed by atoms with Gasteiger partial charge in [-0.25, -0.2) is 0 Å². The molecule has 1 aliphatic rings. The molecule has 7 heteroatoms. The van der Waals surface area contributed by atoms with Crippen molar-refractivity contribution in [2.24, 2.45) is 0 Å². The number of carbonyl (C=O) groups is 1. The van der Waals surface area contributed by atoms with Crippen molar-refractivity contribution < 1.29 is 9.21 Å². The number of rotatable bonds is 2. The van der Waals surface area contributed by atoms with E-state index < -0.39 is 0 Å². The Bertz CT molecular complexity index is 1070. The van der Waals surface area contributed by atoms with Crippen molar-refractivity contribution in [1.82, 2.24) is 9.80 Å². The Morgan fingerprint density at radius 3 is 2.66 bits per heavy atom. The van der Waals surface area contributed by atoms with Gasteiger partial charge in [0.1, 0.15) is 5.58 Å². The van der Waals surface area contributed by atoms with Crippen molar-refractivity contribution in [2.75, 3.05) is 25.0 Å². The molecule has 146 valence electrons. The molecule has 0 saturated carbocycles. The topological polar surface area (TPSA) is 72.5 Å². The quantitative estimate of drug-likeness (QED) is 0.654. The van der Waals surface area contributed by atoms with Crippen LogP contribution in [0.2, 0.25) is 0 Å². The molecule has 0 radical (unpaired) electrons. The van der Waals surface area contributed by atoms with E-state index >= 15 is 0 Å². The molecule has 1 saturated heterocycles. The molecule has 1 fully saturated rings. The fourth-order valence-electron chi connectivity index (χ4n) is 3.51. The Balaban J connectivity index is 1.40. The third-order valence-electron chi connectivity index (χ3n) is 5.08. The first-order chi connectivity index (χ1) is 14.0. The summed E-state index contributed by atoms with van der Waals surface area (Å²) in [5.41, 5.74) is 2.16. The zero-order valence-corrected chi connectivity index (χ0v) is 16.8. The molecule has 6 nitrogen and oxygen atoms in total. The van der Waals surface area contributed by atoms with Gasteiger partial charge in [-0.2, -0.15) is 5.26 Å². The zero-order valence-electron chi connectivity index (χ0n) is 16.0. The van der Waals surface area contributed by atoms with Crippen molar-refractivity contribution in [2.45, 2.75) is 13.0 Å². The lowest BCUT2D eigenvalue weighted by atomic mass is 10.2. The molecular formula is C22H20N4O2S. The minimum absolute atomic E-state index is 0.0652. The van der Waals surface area contributed by atoms with Crippen molar-refractivity contribution in [3.8, 4) is 6.07 Å². The number of fused-ring (bicyclic) bond motifs is 1. The number of para-hydroxylation sites is 1. The van der Waals surface area contributed by atoms with E-state index in [2.05, 4.69) is 16.3 Å². The Hall–Kier alpha value is -3.37. The standard InChI is InChI=1S/C22H20N4O2S/c1-15-14-25(21(27)20-12-17-4-2-3-5-19(17)28-20)10-11-26(15)22(29)24-18-8-6-16(13-23)7-9-18/h2-9,12,15H,10-11,14H2,1H3,(H,24,29). The number of nitrogens with zero attached hydrogens (tertiary/aromatic N) is 3. The van der Waals surface area contributed by atoms with Gasteiger partial charge in [-0.05, 0) is 55.5 Å². The highest BCUT2D eigenvalue weighted by Gasteiger charge is 2.30. The second-order valence-electron chi connectivity index (χ2n) is 7.06. The van der Waals surface area contributed by atoms with E-state index in [9.17, 15) is 4.79 Å². The van der Waals surface area contributed by atoms with Crippen LogP contribution in [0.25, 0.3) is 11.0 Å². The Morgan fingerprint density at radius 2 is 1.97 bits per heavy atom. The highest BCUT2D eigenvalue weighted by molar-refractivity contribution is 7.80. The van der Waals surface area contributed by atoms with Crippen LogP contribution in [0, 0.1) is 11.3 Å². The molecule has 0 spiro atoms. The Labute approximate surface area is 174 Å². The largest absolute Gasteiger partial charge is 0.451 e. The maximum atomic E-state index is 12.9. The first kappa shape index (κ1) is 19.0. The highest BCUT2D eigenvalue weighted by Crippen LogP contribution is 2.22. The van der Waals surface area contributed by atoms with Crippen LogP contribution < -0.4 is 5.32 Å². The average molecular weight is 404 g/mol. The van der Waals surface area contributed by atoms with Crippen molar-refractivity contribution >= 4 is 39.9 Å². The lowest BCUT2D eigenvalue weighted by Gasteiger charge is -2.41. The average Bonchev–Trinajstić information content (AvgIpc) is 3.18. The summed E-state index contributed by atoms with van der Waals surface area (Å²) < 4.78 is 5.72. The SMILES string of the molecule is CC1CN(C(=O)c2cc3ccccc3o2)CCN1C(=S)Nc1ccc(C#N)cc1. The number of nitriles is 1. The van der Waals surface area contributed by atoms with Gasteiger partial charge in [-0.3, -0.25) is 4.79 Å². The van der Waals surface area contributed by atoms with E-state index in [-0.39, 0.29) is 11.9 Å². The number of carbonyl (C=O) groups excluding carboxylic acids is 1. The maximum Gasteiger partial charge on any atom is 0.289 e. The summed E-state index contributed by atoms with van der Waals surface area (Å²) in [4.78, 5) is 16.8. The number of furan rings is 1. The van der Waals surface area contributed by atoms with Gasteiger partial charge in [-0.1, -0.05) is 18.2 Å². The normalized spacial score (nSPS) is 16.5. The summed E-state index contributed by atoms with van der Waals surface area (Å²) in [5, 5.41) is 13.6. The molecule has 0 aliphatic carbocycles. The first-order valence-corrected chi connectivity index (χ1v) is 9.81. The molecule has 3 aromatic rings. The van der Waals surface area contributed by atoms with E-state index in [1.54, 1.807) is 18.2 Å². The van der Waals surface area contributed by atoms with E-state index in [1.165, 1.54) is 0 Å². The van der Waals surface area contributed by atoms with Crippen LogP contribution in [0.5, 0.6) is 0 Å². The number of benzene rings is 2. The molecule has 2 heterocycles. The van der Waals surface area contributed by atoms with Gasteiger partial charge in [0, 0.05) is 36.7 Å². The first-order valence-electron chi connectivity index (χ1n) is 9.41. The predicted molar refractivity (Wildman–Crippen MR) is 116 cm³/mol. The van der Waals surface area contributed by atoms with Crippen LogP contribution in [-0.2, 0) is 0 Å². The van der Waals surface area contributed by atoms with Crippen LogP contribution >= 0.6 is 12.2 Å². The third kappa shape index (κ3) is 3.93. The van der Waals surface area contributed by atoms with Gasteiger partial charge in [-0.15, -0.1) is 0 Å². The van der Waals surface area contributed by atoms with Crippen molar-refractivity contribution in [3.63, 3.8) is 0 Å². The summed E-state index contributed by atoms with van der Waals surface area (Å²) >= 11 is 5.56. The molecular weight excluding hydrogens is 384 g/mol. The zero-order chi connectivity index (χ0) is 20.4. The minimum atomic E-state index is -0.0985. The number of hydrogen-bond acceptors (Lipinski definition) is 4. The second-order valence-corrected chi connectivity index (χ2v) is 7.45. The minimum Gasteiger partial charge on any atom is -0.451 e. The summed E-state index contributed by atoms with van der Waals surface area (Å²) in [6.07, 6.45) is 0. The van der Waals surface area contributed by atoms with Crippen molar-refractivity contribution in [1.29, 1.82) is 5.26 Å². The number of hydrogen-bond donors (Lipinski definition) is 1. The number of amides is 1. The molecule has 1 amide bonds. The van der Waals surface area contributed by atoms with Gasteiger partial charge in [0.2, 0.25) is 0 Å². The molecule has 4 rings (SSSR count). The summed E-state index contributed by atoms with van der Waals surface area (Å²) in [6, 6.07) is 18.7. The Morgan fingerprint density at radius 1 is 1.21 bits per heavy atom. The maximum absolute atomic E-state index is 12.9. The lowest BCUT2D eigenvalue weighted by molar-refractivity contribution is 0.0603. The van der Waals surface area contributed by atoms with E-state index in [4.69, 9.17) is 21.9 Å². The van der Waals surface area contributed by atoms with Gasteiger partial charge >= 0.3 is 0 Å². The highest BCUT2D eigenvalue weighted by atomic mass is 32.1. The molecule has 1 N–H and O–H groups in total. The van der Waals surface area contributed by atoms with Gasteiger partial charge in [0.15, 0.2) is 10.9 Å². The molecule has 1 aliphatic heterocycles. The number of nitrogens with one attached hydrogen (secondary N) is 1. The Kier molecular flexibility index (Phi) is 5.19. The number of piperazine rings is 1. The van der Waals surface area contributed by atoms with Crippen LogP contribution in [0.15, 0.2) is 59.0 Å². The molecule has 0 bridgehead atoms. The van der Waals surface area contributed by atoms with Crippen LogP contribution in [0.4, 0.5) is 5.69 Å². The molecule has 2 aromatic carbocycles. The van der Waals surface area contributed by atoms with Crippen LogP contribution in [-0.4, -0.2) is 46.5 Å². The summed E-state index contributed by atoms with van der Waals surface area (Å²) in [6.45, 7) is 3.81. The monoisotopic (exact) mass is 404 g/mol. The molecule has 1 aromatic heterocycles. The number of thiocarbonyl (C=S) groups is 1. The van der Waals surface area contributed by atoms with E-state index in [0.29, 0.717) is 36.1 Å². The smallest absolute Gasteiger partial charge is 0.289 e. The number of anilines is 1. The van der Waals surface area contributed by atoms with Gasteiger partial charge in [0.25, 0.3) is 5.91 Å². The lowest BCUT2D eigenvalue weighted by Crippen LogP contribution is -2.56. The van der Waals surface area contributed by atoms with Crippen molar-refractivity contribution in [3.05, 3.63) is 65.9 Å². The molecule has 29 heavy (non-hydrogen) atoms. The molecule has 1 unspecified atom stereocenters. The second kappa shape index (κ2) is 7.94. The van der Waals surface area contributed by atoms with Crippen LogP contribution in [0.1, 0.15) is 23.0 Å². The summed E-state index contributed by atoms with van der Waals surface area (Å²) in [5.74, 6) is 0.267. The van der Waals surface area contributed by atoms with Gasteiger partial charge in [0.05, 0.1) is 11.6 Å². The molecule has 1 atom stereocenters. The van der Waals surface area contributed by atoms with E-state index in [0.717, 1.165) is 16.7 Å².